The lowest BCUT2D eigenvalue weighted by Gasteiger charge is -2.49. The van der Waals surface area contributed by atoms with Crippen LogP contribution in [0.3, 0.4) is 0 Å². The van der Waals surface area contributed by atoms with E-state index < -0.39 is 29.2 Å². The molecule has 0 aliphatic carbocycles. The SMILES string of the molecule is C#CCn1nnnc1SCC1=C(C(=O)O)N2C(=O)C(NC(=O)C(=NOCC)C3=CSN(NC=O)N3)[C@H]2SC1. The van der Waals surface area contributed by atoms with Crippen LogP contribution in [0, 0.1) is 12.3 Å². The summed E-state index contributed by atoms with van der Waals surface area (Å²) in [5.41, 5.74) is 5.56. The zero-order valence-electron chi connectivity index (χ0n) is 19.6. The van der Waals surface area contributed by atoms with E-state index in [1.807, 2.05) is 0 Å². The van der Waals surface area contributed by atoms with Gasteiger partial charge in [-0.25, -0.2) is 9.48 Å². The van der Waals surface area contributed by atoms with E-state index in [1.165, 1.54) is 43.0 Å². The van der Waals surface area contributed by atoms with Crippen LogP contribution in [0.4, 0.5) is 0 Å². The number of nitrogens with zero attached hydrogens (tertiary/aromatic N) is 7. The van der Waals surface area contributed by atoms with Crippen LogP contribution >= 0.6 is 35.5 Å². The fourth-order valence-electron chi connectivity index (χ4n) is 3.47. The predicted molar refractivity (Wildman–Crippen MR) is 136 cm³/mol. The maximum absolute atomic E-state index is 13.1. The van der Waals surface area contributed by atoms with E-state index in [1.54, 1.807) is 6.92 Å². The molecule has 0 bridgehead atoms. The summed E-state index contributed by atoms with van der Waals surface area (Å²) in [4.78, 5) is 55.1. The van der Waals surface area contributed by atoms with Gasteiger partial charge in [-0.05, 0) is 34.9 Å². The smallest absolute Gasteiger partial charge is 0.352 e. The minimum absolute atomic E-state index is 0.136. The number of tetrazole rings is 1. The van der Waals surface area contributed by atoms with E-state index in [0.717, 1.165) is 11.9 Å². The fourth-order valence-corrected chi connectivity index (χ4v) is 6.46. The average Bonchev–Trinajstić information content (AvgIpc) is 3.55. The number of carbonyl (C=O) groups is 4. The minimum Gasteiger partial charge on any atom is -0.477 e. The van der Waals surface area contributed by atoms with Crippen LogP contribution in [0.15, 0.2) is 32.7 Å². The second-order valence-corrected chi connectivity index (χ2v) is 10.2. The van der Waals surface area contributed by atoms with E-state index >= 15 is 0 Å². The molecular weight excluding hydrogens is 560 g/mol. The molecule has 0 radical (unpaired) electrons. The number of hydrogen-bond donors (Lipinski definition) is 4. The maximum Gasteiger partial charge on any atom is 0.352 e. The summed E-state index contributed by atoms with van der Waals surface area (Å²) in [5.74, 6) is 0.416. The standard InChI is InChI=1S/C19H20N10O6S3/c1-3-5-27-19(22-25-26-27)37-7-10-6-36-17-13(16(32)28(17)14(10)18(33)34)21-15(31)12(24-35-4-2)11-8-38-29(23-11)20-9-30/h1,8-9,13,17,23H,4-7H2,2H3,(H,20,30)(H,21,31)(H,33,34)/t13?,17-/m1/s1. The monoisotopic (exact) mass is 580 g/mol. The molecule has 4 heterocycles. The number of fused-ring (bicyclic) bond motifs is 1. The Morgan fingerprint density at radius 1 is 1.50 bits per heavy atom. The Labute approximate surface area is 228 Å². The van der Waals surface area contributed by atoms with Gasteiger partial charge in [0.15, 0.2) is 5.71 Å². The number of nitrogens with one attached hydrogen (secondary N) is 3. The van der Waals surface area contributed by atoms with Gasteiger partial charge in [0.05, 0.1) is 5.70 Å². The van der Waals surface area contributed by atoms with E-state index in [2.05, 4.69) is 42.8 Å². The third-order valence-corrected chi connectivity index (χ3v) is 8.21. The number of carboxylic acid groups (broad SMARTS) is 1. The van der Waals surface area contributed by atoms with Crippen LogP contribution in [-0.2, 0) is 30.6 Å². The highest BCUT2D eigenvalue weighted by Gasteiger charge is 2.54. The Bertz CT molecular complexity index is 1270. The van der Waals surface area contributed by atoms with Gasteiger partial charge in [0.1, 0.15) is 30.3 Å². The van der Waals surface area contributed by atoms with Gasteiger partial charge in [-0.3, -0.25) is 30.1 Å². The zero-order valence-corrected chi connectivity index (χ0v) is 22.0. The van der Waals surface area contributed by atoms with Crippen LogP contribution in [0.1, 0.15) is 6.92 Å². The van der Waals surface area contributed by atoms with Crippen molar-refractivity contribution in [1.29, 1.82) is 0 Å². The van der Waals surface area contributed by atoms with E-state index in [4.69, 9.17) is 11.3 Å². The molecule has 3 aliphatic heterocycles. The molecule has 16 nitrogen and oxygen atoms in total. The molecular formula is C19H20N10O6S3. The molecule has 1 saturated heterocycles. The molecule has 38 heavy (non-hydrogen) atoms. The number of hydrogen-bond acceptors (Lipinski definition) is 14. The number of β-lactam (4-membered cyclic amide) rings is 1. The predicted octanol–water partition coefficient (Wildman–Crippen LogP) is -1.50. The largest absolute Gasteiger partial charge is 0.477 e. The summed E-state index contributed by atoms with van der Waals surface area (Å²) in [7, 11) is 0. The second kappa shape index (κ2) is 12.2. The van der Waals surface area contributed by atoms with Crippen molar-refractivity contribution in [2.45, 2.75) is 30.0 Å². The lowest BCUT2D eigenvalue weighted by atomic mass is 10.0. The Morgan fingerprint density at radius 2 is 2.32 bits per heavy atom. The molecule has 4 rings (SSSR count). The Morgan fingerprint density at radius 3 is 3.03 bits per heavy atom. The van der Waals surface area contributed by atoms with Crippen molar-refractivity contribution < 1.29 is 29.1 Å². The molecule has 0 spiro atoms. The molecule has 1 fully saturated rings. The zero-order chi connectivity index (χ0) is 27.2. The number of amides is 3. The van der Waals surface area contributed by atoms with Crippen molar-refractivity contribution in [2.75, 3.05) is 18.1 Å². The van der Waals surface area contributed by atoms with Gasteiger partial charge < -0.3 is 15.3 Å². The molecule has 2 atom stereocenters. The first-order valence-electron chi connectivity index (χ1n) is 10.8. The van der Waals surface area contributed by atoms with Crippen LogP contribution in [-0.4, -0.2) is 94.2 Å². The van der Waals surface area contributed by atoms with Crippen molar-refractivity contribution in [1.82, 2.24) is 45.8 Å². The van der Waals surface area contributed by atoms with Crippen molar-refractivity contribution in [3.63, 3.8) is 0 Å². The maximum atomic E-state index is 13.1. The van der Waals surface area contributed by atoms with Crippen LogP contribution in [0.2, 0.25) is 0 Å². The van der Waals surface area contributed by atoms with E-state index in [0.29, 0.717) is 22.9 Å². The second-order valence-electron chi connectivity index (χ2n) is 7.38. The Balaban J connectivity index is 1.46. The number of rotatable bonds is 12. The summed E-state index contributed by atoms with van der Waals surface area (Å²) in [6.45, 7) is 2.03. The van der Waals surface area contributed by atoms with E-state index in [-0.39, 0.29) is 36.0 Å². The molecule has 3 amide bonds. The molecule has 1 aromatic rings. The summed E-state index contributed by atoms with van der Waals surface area (Å²) >= 11 is 3.57. The Hall–Kier alpha value is -3.73. The van der Waals surface area contributed by atoms with E-state index in [9.17, 15) is 24.3 Å². The van der Waals surface area contributed by atoms with Gasteiger partial charge in [0.25, 0.3) is 11.8 Å². The number of oxime groups is 1. The lowest BCUT2D eigenvalue weighted by Crippen LogP contribution is -2.71. The third kappa shape index (κ3) is 5.57. The molecule has 0 aromatic carbocycles. The van der Waals surface area contributed by atoms with Gasteiger partial charge in [-0.1, -0.05) is 27.4 Å². The number of thioether (sulfide) groups is 2. The highest BCUT2D eigenvalue weighted by Crippen LogP contribution is 2.41. The first-order chi connectivity index (χ1) is 18.4. The molecule has 19 heteroatoms. The molecule has 0 saturated carbocycles. The number of carboxylic acids is 1. The van der Waals surface area contributed by atoms with Crippen LogP contribution < -0.4 is 16.2 Å². The summed E-state index contributed by atoms with van der Waals surface area (Å²) < 4.78 is 2.65. The number of terminal acetylenes is 1. The van der Waals surface area contributed by atoms with Gasteiger partial charge in [0, 0.05) is 16.9 Å². The molecule has 3 aliphatic rings. The van der Waals surface area contributed by atoms with Crippen LogP contribution in [0.5, 0.6) is 0 Å². The number of aromatic nitrogens is 4. The van der Waals surface area contributed by atoms with Crippen molar-refractivity contribution in [2.24, 2.45) is 5.16 Å². The van der Waals surface area contributed by atoms with Crippen molar-refractivity contribution in [3.8, 4) is 12.3 Å². The van der Waals surface area contributed by atoms with Gasteiger partial charge in [-0.2, -0.15) is 0 Å². The summed E-state index contributed by atoms with van der Waals surface area (Å²) in [6.07, 6.45) is 5.75. The molecule has 1 aromatic heterocycles. The quantitative estimate of drug-likeness (QED) is 0.0424. The number of aliphatic carboxylic acids is 1. The fraction of sp³-hybridized carbons (Fsp3) is 0.368. The topological polar surface area (TPSA) is 196 Å². The third-order valence-electron chi connectivity index (χ3n) is 5.08. The highest BCUT2D eigenvalue weighted by atomic mass is 32.2. The first-order valence-corrected chi connectivity index (χ1v) is 13.6. The summed E-state index contributed by atoms with van der Waals surface area (Å²) in [6, 6.07) is -0.982. The first kappa shape index (κ1) is 27.3. The molecule has 200 valence electrons. The van der Waals surface area contributed by atoms with Gasteiger partial charge in [-0.15, -0.1) is 23.3 Å². The number of hydrazine groups is 2. The van der Waals surface area contributed by atoms with Crippen LogP contribution in [0.25, 0.3) is 0 Å². The van der Waals surface area contributed by atoms with Crippen molar-refractivity contribution >= 4 is 65.4 Å². The molecule has 4 N–H and O–H groups in total. The normalized spacial score (nSPS) is 21.1. The number of carbonyl (C=O) groups excluding carboxylic acids is 3. The van der Waals surface area contributed by atoms with Gasteiger partial charge in [0.2, 0.25) is 11.6 Å². The lowest BCUT2D eigenvalue weighted by molar-refractivity contribution is -0.150. The minimum atomic E-state index is -1.26. The highest BCUT2D eigenvalue weighted by molar-refractivity contribution is 8.01. The average molecular weight is 581 g/mol. The Kier molecular flexibility index (Phi) is 8.77. The molecule has 1 unspecified atom stereocenters. The van der Waals surface area contributed by atoms with Crippen molar-refractivity contribution in [3.05, 3.63) is 22.4 Å². The van der Waals surface area contributed by atoms with Gasteiger partial charge >= 0.3 is 5.97 Å². The summed E-state index contributed by atoms with van der Waals surface area (Å²) in [5, 5.41) is 28.9.